The van der Waals surface area contributed by atoms with Crippen LogP contribution in [0.25, 0.3) is 0 Å². The van der Waals surface area contributed by atoms with Gasteiger partial charge >= 0.3 is 0 Å². The highest BCUT2D eigenvalue weighted by Gasteiger charge is 2.48. The van der Waals surface area contributed by atoms with Crippen LogP contribution >= 0.6 is 0 Å². The fourth-order valence-corrected chi connectivity index (χ4v) is 4.14. The molecule has 3 fully saturated rings. The molecule has 4 unspecified atom stereocenters. The molecule has 1 heterocycles. The maximum Gasteiger partial charge on any atom is 0.246 e. The lowest BCUT2D eigenvalue weighted by molar-refractivity contribution is -0.152. The summed E-state index contributed by atoms with van der Waals surface area (Å²) in [7, 11) is 0. The molecule has 2 aliphatic carbocycles. The van der Waals surface area contributed by atoms with Crippen LogP contribution in [0, 0.1) is 23.7 Å². The number of amides is 2. The third-order valence-corrected chi connectivity index (χ3v) is 5.43. The number of rotatable bonds is 4. The summed E-state index contributed by atoms with van der Waals surface area (Å²) in [5.74, 6) is 2.15. The van der Waals surface area contributed by atoms with Crippen LogP contribution in [0.15, 0.2) is 0 Å². The van der Waals surface area contributed by atoms with Crippen LogP contribution in [0.1, 0.15) is 52.9 Å². The highest BCUT2D eigenvalue weighted by molar-refractivity contribution is 5.97. The summed E-state index contributed by atoms with van der Waals surface area (Å²) in [6.07, 6.45) is 5.82. The smallest absolute Gasteiger partial charge is 0.246 e. The third-order valence-electron chi connectivity index (χ3n) is 5.43. The summed E-state index contributed by atoms with van der Waals surface area (Å²) in [5.41, 5.74) is 0. The van der Waals surface area contributed by atoms with E-state index in [1.54, 1.807) is 0 Å². The monoisotopic (exact) mass is 292 g/mol. The molecule has 118 valence electrons. The van der Waals surface area contributed by atoms with E-state index in [9.17, 15) is 9.59 Å². The average molecular weight is 292 g/mol. The van der Waals surface area contributed by atoms with Gasteiger partial charge < -0.3 is 10.2 Å². The van der Waals surface area contributed by atoms with Crippen molar-refractivity contribution >= 4 is 11.8 Å². The molecule has 4 nitrogen and oxygen atoms in total. The van der Waals surface area contributed by atoms with E-state index in [-0.39, 0.29) is 29.8 Å². The predicted molar refractivity (Wildman–Crippen MR) is 81.5 cm³/mol. The maximum absolute atomic E-state index is 12.8. The van der Waals surface area contributed by atoms with E-state index in [1.165, 1.54) is 19.3 Å². The molecule has 1 saturated heterocycles. The standard InChI is InChI=1S/C17H28N2O2/c1-10(2)15-16(20)18-14(13-6-7-13)17(21)19(15)9-12-5-4-11(3)8-12/h10-15H,4-9H2,1-3H3,(H,18,20). The van der Waals surface area contributed by atoms with Crippen molar-refractivity contribution in [3.05, 3.63) is 0 Å². The van der Waals surface area contributed by atoms with Crippen LogP contribution in [0.4, 0.5) is 0 Å². The van der Waals surface area contributed by atoms with Crippen molar-refractivity contribution in [2.24, 2.45) is 23.7 Å². The van der Waals surface area contributed by atoms with Gasteiger partial charge in [-0.25, -0.2) is 0 Å². The van der Waals surface area contributed by atoms with Crippen molar-refractivity contribution in [3.8, 4) is 0 Å². The third kappa shape index (κ3) is 2.95. The van der Waals surface area contributed by atoms with Crippen molar-refractivity contribution in [1.29, 1.82) is 0 Å². The molecule has 0 aromatic carbocycles. The fraction of sp³-hybridized carbons (Fsp3) is 0.882. The van der Waals surface area contributed by atoms with Crippen molar-refractivity contribution in [1.82, 2.24) is 10.2 Å². The molecule has 0 radical (unpaired) electrons. The van der Waals surface area contributed by atoms with Gasteiger partial charge in [0, 0.05) is 6.54 Å². The van der Waals surface area contributed by atoms with E-state index >= 15 is 0 Å². The zero-order chi connectivity index (χ0) is 15.1. The molecule has 3 aliphatic rings. The molecule has 1 aliphatic heterocycles. The molecular weight excluding hydrogens is 264 g/mol. The molecule has 0 aromatic heterocycles. The lowest BCUT2D eigenvalue weighted by Crippen LogP contribution is -2.66. The topological polar surface area (TPSA) is 49.4 Å². The first kappa shape index (κ1) is 14.9. The molecule has 2 saturated carbocycles. The Balaban J connectivity index is 1.76. The van der Waals surface area contributed by atoms with E-state index < -0.39 is 0 Å². The largest absolute Gasteiger partial charge is 0.342 e. The summed E-state index contributed by atoms with van der Waals surface area (Å²) >= 11 is 0. The molecular formula is C17H28N2O2. The van der Waals surface area contributed by atoms with Crippen molar-refractivity contribution < 1.29 is 9.59 Å². The van der Waals surface area contributed by atoms with E-state index in [0.717, 1.165) is 25.3 Å². The van der Waals surface area contributed by atoms with Crippen LogP contribution in [-0.2, 0) is 9.59 Å². The Morgan fingerprint density at radius 3 is 2.43 bits per heavy atom. The fourth-order valence-electron chi connectivity index (χ4n) is 4.14. The van der Waals surface area contributed by atoms with Gasteiger partial charge in [-0.15, -0.1) is 0 Å². The number of hydrogen-bond acceptors (Lipinski definition) is 2. The van der Waals surface area contributed by atoms with Crippen LogP contribution in [-0.4, -0.2) is 35.3 Å². The molecule has 3 rings (SSSR count). The van der Waals surface area contributed by atoms with Crippen molar-refractivity contribution in [3.63, 3.8) is 0 Å². The van der Waals surface area contributed by atoms with E-state index in [0.29, 0.717) is 11.8 Å². The highest BCUT2D eigenvalue weighted by Crippen LogP contribution is 2.37. The molecule has 0 bridgehead atoms. The van der Waals surface area contributed by atoms with E-state index in [1.807, 2.05) is 18.7 Å². The van der Waals surface area contributed by atoms with Crippen molar-refractivity contribution in [2.75, 3.05) is 6.54 Å². The van der Waals surface area contributed by atoms with Gasteiger partial charge in [0.1, 0.15) is 12.1 Å². The Morgan fingerprint density at radius 1 is 1.19 bits per heavy atom. The molecule has 2 amide bonds. The Labute approximate surface area is 127 Å². The van der Waals surface area contributed by atoms with Crippen LogP contribution in [0.2, 0.25) is 0 Å². The van der Waals surface area contributed by atoms with Crippen LogP contribution in [0.3, 0.4) is 0 Å². The Morgan fingerprint density at radius 2 is 1.90 bits per heavy atom. The second-order valence-electron chi connectivity index (χ2n) is 7.79. The normalized spacial score (nSPS) is 37.2. The molecule has 0 spiro atoms. The number of carbonyl (C=O) groups is 2. The molecule has 1 N–H and O–H groups in total. The summed E-state index contributed by atoms with van der Waals surface area (Å²) < 4.78 is 0. The lowest BCUT2D eigenvalue weighted by atomic mass is 9.93. The Bertz CT molecular complexity index is 431. The van der Waals surface area contributed by atoms with Gasteiger partial charge in [0.2, 0.25) is 11.8 Å². The van der Waals surface area contributed by atoms with Gasteiger partial charge in [-0.2, -0.15) is 0 Å². The number of hydrogen-bond donors (Lipinski definition) is 1. The summed E-state index contributed by atoms with van der Waals surface area (Å²) in [5, 5.41) is 2.99. The Hall–Kier alpha value is -1.06. The van der Waals surface area contributed by atoms with Gasteiger partial charge in [0.25, 0.3) is 0 Å². The molecule has 4 atom stereocenters. The van der Waals surface area contributed by atoms with Gasteiger partial charge in [0.05, 0.1) is 0 Å². The molecule has 21 heavy (non-hydrogen) atoms. The van der Waals surface area contributed by atoms with Crippen LogP contribution in [0.5, 0.6) is 0 Å². The Kier molecular flexibility index (Phi) is 3.98. The quantitative estimate of drug-likeness (QED) is 0.863. The van der Waals surface area contributed by atoms with E-state index in [4.69, 9.17) is 0 Å². The maximum atomic E-state index is 12.8. The first-order chi connectivity index (χ1) is 9.97. The first-order valence-electron chi connectivity index (χ1n) is 8.58. The number of nitrogens with one attached hydrogen (secondary N) is 1. The van der Waals surface area contributed by atoms with Gasteiger partial charge in [-0.3, -0.25) is 9.59 Å². The zero-order valence-electron chi connectivity index (χ0n) is 13.5. The number of nitrogens with zero attached hydrogens (tertiary/aromatic N) is 1. The van der Waals surface area contributed by atoms with Gasteiger partial charge in [-0.05, 0) is 49.4 Å². The number of piperazine rings is 1. The highest BCUT2D eigenvalue weighted by atomic mass is 16.2. The minimum absolute atomic E-state index is 0.0625. The summed E-state index contributed by atoms with van der Waals surface area (Å²) in [6.45, 7) is 7.15. The van der Waals surface area contributed by atoms with Crippen LogP contribution < -0.4 is 5.32 Å². The molecule has 4 heteroatoms. The minimum atomic E-state index is -0.275. The average Bonchev–Trinajstić information content (AvgIpc) is 3.17. The van der Waals surface area contributed by atoms with Gasteiger partial charge in [-0.1, -0.05) is 27.2 Å². The van der Waals surface area contributed by atoms with Crippen molar-refractivity contribution in [2.45, 2.75) is 65.0 Å². The minimum Gasteiger partial charge on any atom is -0.342 e. The predicted octanol–water partition coefficient (Wildman–Crippen LogP) is 2.18. The first-order valence-corrected chi connectivity index (χ1v) is 8.58. The number of carbonyl (C=O) groups excluding carboxylic acids is 2. The summed E-state index contributed by atoms with van der Waals surface area (Å²) in [6, 6.07) is -0.519. The van der Waals surface area contributed by atoms with Gasteiger partial charge in [0.15, 0.2) is 0 Å². The second kappa shape index (κ2) is 5.62. The lowest BCUT2D eigenvalue weighted by Gasteiger charge is -2.42. The zero-order valence-corrected chi connectivity index (χ0v) is 13.5. The summed E-state index contributed by atoms with van der Waals surface area (Å²) in [4.78, 5) is 27.2. The van der Waals surface area contributed by atoms with E-state index in [2.05, 4.69) is 12.2 Å². The molecule has 0 aromatic rings. The SMILES string of the molecule is CC1CCC(CN2C(=O)C(C3CC3)NC(=O)C2C(C)C)C1. The second-order valence-corrected chi connectivity index (χ2v) is 7.79.